The SMILES string of the molecule is C1=CC(c2ccc(-c3cc(C4OCCO4)c(-c4cccs4)s3)s2)C=C1. The molecule has 5 rings (SSSR count). The summed E-state index contributed by atoms with van der Waals surface area (Å²) in [6, 6.07) is 11.0. The van der Waals surface area contributed by atoms with Crippen LogP contribution in [0.4, 0.5) is 0 Å². The molecule has 3 aromatic heterocycles. The molecule has 0 saturated carbocycles. The molecule has 0 aromatic carbocycles. The molecule has 1 aliphatic carbocycles. The van der Waals surface area contributed by atoms with Gasteiger partial charge < -0.3 is 9.47 Å². The molecular weight excluding hydrogens is 368 g/mol. The number of hydrogen-bond donors (Lipinski definition) is 0. The van der Waals surface area contributed by atoms with Gasteiger partial charge in [-0.05, 0) is 29.6 Å². The Kier molecular flexibility index (Phi) is 4.19. The van der Waals surface area contributed by atoms with Crippen molar-refractivity contribution in [3.05, 3.63) is 70.5 Å². The third-order valence-corrected chi connectivity index (χ3v) is 7.91. The topological polar surface area (TPSA) is 18.5 Å². The monoisotopic (exact) mass is 384 g/mol. The van der Waals surface area contributed by atoms with Crippen molar-refractivity contribution in [1.29, 1.82) is 0 Å². The van der Waals surface area contributed by atoms with E-state index >= 15 is 0 Å². The largest absolute Gasteiger partial charge is 0.346 e. The van der Waals surface area contributed by atoms with Crippen LogP contribution in [0.25, 0.3) is 19.5 Å². The van der Waals surface area contributed by atoms with Gasteiger partial charge in [0.15, 0.2) is 6.29 Å². The average molecular weight is 385 g/mol. The van der Waals surface area contributed by atoms with E-state index in [0.29, 0.717) is 19.1 Å². The van der Waals surface area contributed by atoms with Crippen molar-refractivity contribution in [3.8, 4) is 19.5 Å². The van der Waals surface area contributed by atoms with Gasteiger partial charge in [0, 0.05) is 31.0 Å². The Bertz CT molecular complexity index is 912. The van der Waals surface area contributed by atoms with Gasteiger partial charge in [0.1, 0.15) is 0 Å². The highest BCUT2D eigenvalue weighted by molar-refractivity contribution is 7.26. The van der Waals surface area contributed by atoms with Gasteiger partial charge in [0.2, 0.25) is 0 Å². The molecule has 0 radical (unpaired) electrons. The molecule has 4 heterocycles. The van der Waals surface area contributed by atoms with E-state index in [1.807, 2.05) is 22.7 Å². The van der Waals surface area contributed by atoms with Gasteiger partial charge in [-0.1, -0.05) is 30.4 Å². The molecule has 25 heavy (non-hydrogen) atoms. The lowest BCUT2D eigenvalue weighted by Gasteiger charge is -2.08. The Labute approximate surface area is 158 Å². The Morgan fingerprint density at radius 3 is 2.48 bits per heavy atom. The van der Waals surface area contributed by atoms with Gasteiger partial charge in [-0.15, -0.1) is 34.0 Å². The van der Waals surface area contributed by atoms with Crippen molar-refractivity contribution >= 4 is 34.0 Å². The van der Waals surface area contributed by atoms with Gasteiger partial charge in [-0.3, -0.25) is 0 Å². The fourth-order valence-corrected chi connectivity index (χ4v) is 6.33. The molecule has 0 spiro atoms. The first kappa shape index (κ1) is 15.7. The fourth-order valence-electron chi connectivity index (χ4n) is 3.13. The van der Waals surface area contributed by atoms with Crippen molar-refractivity contribution in [3.63, 3.8) is 0 Å². The molecule has 3 aromatic rings. The quantitative estimate of drug-likeness (QED) is 0.514. The molecule has 0 atom stereocenters. The van der Waals surface area contributed by atoms with Gasteiger partial charge in [0.05, 0.1) is 18.1 Å². The molecule has 1 fully saturated rings. The number of ether oxygens (including phenoxy) is 2. The number of rotatable bonds is 4. The lowest BCUT2D eigenvalue weighted by atomic mass is 10.1. The summed E-state index contributed by atoms with van der Waals surface area (Å²) in [5.74, 6) is 0.427. The summed E-state index contributed by atoms with van der Waals surface area (Å²) in [4.78, 5) is 6.55. The summed E-state index contributed by atoms with van der Waals surface area (Å²) in [5.41, 5.74) is 1.16. The molecular formula is C20H16O2S3. The molecule has 5 heteroatoms. The maximum absolute atomic E-state index is 5.79. The highest BCUT2D eigenvalue weighted by atomic mass is 32.1. The summed E-state index contributed by atoms with van der Waals surface area (Å²) < 4.78 is 11.6. The Morgan fingerprint density at radius 2 is 1.72 bits per heavy atom. The van der Waals surface area contributed by atoms with Crippen LogP contribution in [0, 0.1) is 0 Å². The molecule has 0 unspecified atom stereocenters. The van der Waals surface area contributed by atoms with Crippen molar-refractivity contribution in [1.82, 2.24) is 0 Å². The van der Waals surface area contributed by atoms with Crippen LogP contribution in [-0.4, -0.2) is 13.2 Å². The highest BCUT2D eigenvalue weighted by Gasteiger charge is 2.26. The minimum Gasteiger partial charge on any atom is -0.346 e. The predicted molar refractivity (Wildman–Crippen MR) is 107 cm³/mol. The van der Waals surface area contributed by atoms with Crippen LogP contribution in [0.5, 0.6) is 0 Å². The van der Waals surface area contributed by atoms with E-state index in [9.17, 15) is 0 Å². The average Bonchev–Trinajstić information content (AvgIpc) is 3.48. The summed E-state index contributed by atoms with van der Waals surface area (Å²) in [6.45, 7) is 1.34. The lowest BCUT2D eigenvalue weighted by molar-refractivity contribution is -0.0433. The second-order valence-electron chi connectivity index (χ2n) is 5.94. The van der Waals surface area contributed by atoms with Crippen LogP contribution < -0.4 is 0 Å². The van der Waals surface area contributed by atoms with Gasteiger partial charge in [0.25, 0.3) is 0 Å². The number of thiophene rings is 3. The molecule has 2 aliphatic rings. The molecule has 1 aliphatic heterocycles. The van der Waals surface area contributed by atoms with E-state index in [-0.39, 0.29) is 6.29 Å². The number of allylic oxidation sites excluding steroid dienone is 4. The maximum Gasteiger partial charge on any atom is 0.185 e. The van der Waals surface area contributed by atoms with Crippen molar-refractivity contribution in [2.75, 3.05) is 13.2 Å². The van der Waals surface area contributed by atoms with Gasteiger partial charge in [-0.2, -0.15) is 0 Å². The Hall–Kier alpha value is -1.50. The molecule has 0 amide bonds. The van der Waals surface area contributed by atoms with Crippen molar-refractivity contribution in [2.45, 2.75) is 12.2 Å². The summed E-state index contributed by atoms with van der Waals surface area (Å²) >= 11 is 5.48. The van der Waals surface area contributed by atoms with Gasteiger partial charge >= 0.3 is 0 Å². The molecule has 126 valence electrons. The minimum atomic E-state index is -0.234. The zero-order valence-electron chi connectivity index (χ0n) is 13.4. The lowest BCUT2D eigenvalue weighted by Crippen LogP contribution is -1.97. The molecule has 0 bridgehead atoms. The second-order valence-corrected chi connectivity index (χ2v) is 9.06. The van der Waals surface area contributed by atoms with E-state index < -0.39 is 0 Å². The van der Waals surface area contributed by atoms with Gasteiger partial charge in [-0.25, -0.2) is 0 Å². The fraction of sp³-hybridized carbons (Fsp3) is 0.200. The van der Waals surface area contributed by atoms with E-state index in [1.165, 1.54) is 24.4 Å². The van der Waals surface area contributed by atoms with Crippen molar-refractivity contribution in [2.24, 2.45) is 0 Å². The zero-order chi connectivity index (χ0) is 16.6. The highest BCUT2D eigenvalue weighted by Crippen LogP contribution is 2.46. The third-order valence-electron chi connectivity index (χ3n) is 4.33. The normalized spacial score (nSPS) is 17.9. The first-order valence-electron chi connectivity index (χ1n) is 8.24. The molecule has 2 nitrogen and oxygen atoms in total. The van der Waals surface area contributed by atoms with E-state index in [1.54, 1.807) is 11.3 Å². The van der Waals surface area contributed by atoms with Crippen LogP contribution in [0.3, 0.4) is 0 Å². The number of hydrogen-bond acceptors (Lipinski definition) is 5. The summed E-state index contributed by atoms with van der Waals surface area (Å²) in [5, 5.41) is 2.12. The first-order chi connectivity index (χ1) is 12.4. The Balaban J connectivity index is 1.54. The third kappa shape index (κ3) is 2.96. The van der Waals surface area contributed by atoms with Crippen LogP contribution in [-0.2, 0) is 9.47 Å². The standard InChI is InChI=1S/C20H16O2S3/c1-2-5-13(4-1)15-7-8-16(24-15)18-12-14(20-21-9-10-22-20)19(25-18)17-6-3-11-23-17/h1-8,11-13,20H,9-10H2. The minimum absolute atomic E-state index is 0.234. The van der Waals surface area contributed by atoms with Crippen LogP contribution in [0.15, 0.2) is 60.0 Å². The van der Waals surface area contributed by atoms with Crippen molar-refractivity contribution < 1.29 is 9.47 Å². The van der Waals surface area contributed by atoms with E-state index in [0.717, 1.165) is 5.56 Å². The van der Waals surface area contributed by atoms with Crippen LogP contribution in [0.2, 0.25) is 0 Å². The van der Waals surface area contributed by atoms with E-state index in [4.69, 9.17) is 9.47 Å². The molecule has 1 saturated heterocycles. The predicted octanol–water partition coefficient (Wildman–Crippen LogP) is 6.46. The molecule has 0 N–H and O–H groups in total. The summed E-state index contributed by atoms with van der Waals surface area (Å²) in [6.07, 6.45) is 8.50. The second kappa shape index (κ2) is 6.67. The summed E-state index contributed by atoms with van der Waals surface area (Å²) in [7, 11) is 0. The zero-order valence-corrected chi connectivity index (χ0v) is 15.8. The Morgan fingerprint density at radius 1 is 0.880 bits per heavy atom. The first-order valence-corrected chi connectivity index (χ1v) is 10.8. The van der Waals surface area contributed by atoms with Crippen LogP contribution in [0.1, 0.15) is 22.6 Å². The maximum atomic E-state index is 5.79. The van der Waals surface area contributed by atoms with Crippen LogP contribution >= 0.6 is 34.0 Å². The smallest absolute Gasteiger partial charge is 0.185 e. The van der Waals surface area contributed by atoms with E-state index in [2.05, 4.69) is 60.0 Å².